The van der Waals surface area contributed by atoms with E-state index < -0.39 is 24.6 Å². The first-order valence-corrected chi connectivity index (χ1v) is 5.98. The van der Waals surface area contributed by atoms with Gasteiger partial charge in [-0.25, -0.2) is 9.59 Å². The Morgan fingerprint density at radius 3 is 2.67 bits per heavy atom. The highest BCUT2D eigenvalue weighted by atomic mass is 79.9. The summed E-state index contributed by atoms with van der Waals surface area (Å²) in [5.41, 5.74) is 0.391. The average Bonchev–Trinajstić information content (AvgIpc) is 2.31. The Morgan fingerprint density at radius 1 is 1.44 bits per heavy atom. The molecule has 0 fully saturated rings. The van der Waals surface area contributed by atoms with Crippen molar-refractivity contribution in [3.8, 4) is 0 Å². The number of amides is 2. The van der Waals surface area contributed by atoms with E-state index >= 15 is 0 Å². The monoisotopic (exact) mass is 336 g/mol. The van der Waals surface area contributed by atoms with E-state index in [1.807, 2.05) is 0 Å². The molecule has 2 amide bonds. The second-order valence-electron chi connectivity index (χ2n) is 3.27. The third-order valence-corrected chi connectivity index (χ3v) is 3.38. The summed E-state index contributed by atoms with van der Waals surface area (Å²) >= 11 is 9.01. The van der Waals surface area contributed by atoms with Gasteiger partial charge in [0.25, 0.3) is 0 Å². The quantitative estimate of drug-likeness (QED) is 0.671. The lowest BCUT2D eigenvalue weighted by Crippen LogP contribution is -2.45. The fraction of sp³-hybridized carbons (Fsp3) is 0.200. The molecule has 1 aromatic rings. The maximum atomic E-state index is 11.5. The number of urea groups is 1. The number of carbonyl (C=O) groups is 2. The van der Waals surface area contributed by atoms with E-state index in [1.165, 1.54) is 0 Å². The molecule has 0 heterocycles. The molecular formula is C10H10BrClN2O4. The number of aliphatic hydroxyl groups is 1. The first-order chi connectivity index (χ1) is 8.45. The lowest BCUT2D eigenvalue weighted by Gasteiger charge is -2.13. The number of benzene rings is 1. The smallest absolute Gasteiger partial charge is 0.328 e. The second-order valence-corrected chi connectivity index (χ2v) is 4.47. The van der Waals surface area contributed by atoms with Gasteiger partial charge in [0, 0.05) is 0 Å². The molecule has 6 nitrogen and oxygen atoms in total. The van der Waals surface area contributed by atoms with Gasteiger partial charge in [0.15, 0.2) is 6.04 Å². The minimum Gasteiger partial charge on any atom is -0.480 e. The molecule has 1 atom stereocenters. The van der Waals surface area contributed by atoms with Gasteiger partial charge in [0.2, 0.25) is 0 Å². The maximum Gasteiger partial charge on any atom is 0.328 e. The molecule has 8 heteroatoms. The van der Waals surface area contributed by atoms with Crippen molar-refractivity contribution in [3.63, 3.8) is 0 Å². The van der Waals surface area contributed by atoms with Crippen LogP contribution in [0.15, 0.2) is 22.7 Å². The zero-order valence-electron chi connectivity index (χ0n) is 8.98. The second kappa shape index (κ2) is 6.58. The summed E-state index contributed by atoms with van der Waals surface area (Å²) in [6.45, 7) is -0.695. The van der Waals surface area contributed by atoms with Crippen molar-refractivity contribution in [1.29, 1.82) is 0 Å². The lowest BCUT2D eigenvalue weighted by atomic mass is 10.3. The summed E-state index contributed by atoms with van der Waals surface area (Å²) in [4.78, 5) is 22.1. The third kappa shape index (κ3) is 3.86. The molecule has 98 valence electrons. The van der Waals surface area contributed by atoms with Crippen molar-refractivity contribution in [3.05, 3.63) is 27.7 Å². The molecule has 0 aromatic heterocycles. The van der Waals surface area contributed by atoms with Crippen LogP contribution in [0, 0.1) is 0 Å². The van der Waals surface area contributed by atoms with Crippen LogP contribution in [0.3, 0.4) is 0 Å². The average molecular weight is 338 g/mol. The molecule has 0 aliphatic carbocycles. The van der Waals surface area contributed by atoms with Crippen molar-refractivity contribution in [2.75, 3.05) is 11.9 Å². The van der Waals surface area contributed by atoms with Crippen LogP contribution in [0.25, 0.3) is 0 Å². The van der Waals surface area contributed by atoms with E-state index in [9.17, 15) is 9.59 Å². The van der Waals surface area contributed by atoms with Gasteiger partial charge in [-0.05, 0) is 28.1 Å². The van der Waals surface area contributed by atoms with Gasteiger partial charge in [-0.3, -0.25) is 0 Å². The number of carboxylic acids is 1. The molecule has 0 bridgehead atoms. The number of hydrogen-bond acceptors (Lipinski definition) is 3. The van der Waals surface area contributed by atoms with E-state index in [2.05, 4.69) is 26.6 Å². The largest absolute Gasteiger partial charge is 0.480 e. The molecule has 1 rings (SSSR count). The Morgan fingerprint density at radius 2 is 2.11 bits per heavy atom. The Labute approximate surface area is 116 Å². The number of nitrogens with one attached hydrogen (secondary N) is 2. The van der Waals surface area contributed by atoms with Crippen LogP contribution < -0.4 is 10.6 Å². The highest BCUT2D eigenvalue weighted by molar-refractivity contribution is 9.10. The number of aliphatic hydroxyl groups excluding tert-OH is 1. The zero-order valence-corrected chi connectivity index (χ0v) is 11.3. The molecule has 0 saturated carbocycles. The molecule has 0 aliphatic heterocycles. The lowest BCUT2D eigenvalue weighted by molar-refractivity contribution is -0.140. The predicted octanol–water partition coefficient (Wildman–Crippen LogP) is 1.67. The fourth-order valence-corrected chi connectivity index (χ4v) is 1.64. The molecule has 0 aliphatic rings. The SMILES string of the molecule is O=C(Nc1cccc(Cl)c1Br)NC(CO)C(=O)O. The maximum absolute atomic E-state index is 11.5. The van der Waals surface area contributed by atoms with Gasteiger partial charge in [-0.15, -0.1) is 0 Å². The third-order valence-electron chi connectivity index (χ3n) is 1.99. The molecule has 0 radical (unpaired) electrons. The van der Waals surface area contributed by atoms with Crippen molar-refractivity contribution in [2.45, 2.75) is 6.04 Å². The molecule has 4 N–H and O–H groups in total. The number of anilines is 1. The first-order valence-electron chi connectivity index (χ1n) is 4.81. The molecular weight excluding hydrogens is 327 g/mol. The normalized spacial score (nSPS) is 11.7. The van der Waals surface area contributed by atoms with E-state index in [4.69, 9.17) is 21.8 Å². The van der Waals surface area contributed by atoms with Crippen LogP contribution in [0.2, 0.25) is 5.02 Å². The van der Waals surface area contributed by atoms with Crippen molar-refractivity contribution >= 4 is 45.2 Å². The summed E-state index contributed by atoms with van der Waals surface area (Å²) < 4.78 is 0.484. The predicted molar refractivity (Wildman–Crippen MR) is 69.8 cm³/mol. The molecule has 1 unspecified atom stereocenters. The van der Waals surface area contributed by atoms with Crippen LogP contribution in [0.5, 0.6) is 0 Å². The van der Waals surface area contributed by atoms with Crippen LogP contribution in [0.1, 0.15) is 0 Å². The van der Waals surface area contributed by atoms with Crippen LogP contribution in [-0.2, 0) is 4.79 Å². The highest BCUT2D eigenvalue weighted by Gasteiger charge is 2.19. The number of carbonyl (C=O) groups excluding carboxylic acids is 1. The highest BCUT2D eigenvalue weighted by Crippen LogP contribution is 2.29. The summed E-state index contributed by atoms with van der Waals surface area (Å²) in [5.74, 6) is -1.32. The molecule has 1 aromatic carbocycles. The Kier molecular flexibility index (Phi) is 5.39. The Balaban J connectivity index is 2.70. The standard InChI is InChI=1S/C10H10BrClN2O4/c11-8-5(12)2-1-3-6(8)13-10(18)14-7(4-15)9(16)17/h1-3,7,15H,4H2,(H,16,17)(H2,13,14,18). The first kappa shape index (κ1) is 14.7. The van der Waals surface area contributed by atoms with E-state index in [0.29, 0.717) is 15.2 Å². The van der Waals surface area contributed by atoms with E-state index in [1.54, 1.807) is 18.2 Å². The topological polar surface area (TPSA) is 98.7 Å². The minimum atomic E-state index is -1.36. The number of hydrogen-bond donors (Lipinski definition) is 4. The summed E-state index contributed by atoms with van der Waals surface area (Å²) in [5, 5.41) is 22.3. The number of rotatable bonds is 4. The zero-order chi connectivity index (χ0) is 13.7. The van der Waals surface area contributed by atoms with E-state index in [0.717, 1.165) is 0 Å². The van der Waals surface area contributed by atoms with Crippen LogP contribution in [-0.4, -0.2) is 34.9 Å². The van der Waals surface area contributed by atoms with Gasteiger partial charge in [0.05, 0.1) is 21.8 Å². The van der Waals surface area contributed by atoms with Gasteiger partial charge in [0.1, 0.15) is 0 Å². The summed E-state index contributed by atoms with van der Waals surface area (Å²) in [6.07, 6.45) is 0. The number of carboxylic acid groups (broad SMARTS) is 1. The minimum absolute atomic E-state index is 0.391. The molecule has 0 saturated heterocycles. The van der Waals surface area contributed by atoms with Gasteiger partial charge >= 0.3 is 12.0 Å². The van der Waals surface area contributed by atoms with Crippen molar-refractivity contribution in [1.82, 2.24) is 5.32 Å². The Hall–Kier alpha value is -1.31. The number of halogens is 2. The summed E-state index contributed by atoms with van der Waals surface area (Å²) in [6, 6.07) is 2.73. The van der Waals surface area contributed by atoms with E-state index in [-0.39, 0.29) is 0 Å². The van der Waals surface area contributed by atoms with Gasteiger partial charge in [-0.1, -0.05) is 17.7 Å². The summed E-state index contributed by atoms with van der Waals surface area (Å²) in [7, 11) is 0. The Bertz CT molecular complexity index is 469. The molecule has 0 spiro atoms. The van der Waals surface area contributed by atoms with Crippen molar-refractivity contribution in [2.24, 2.45) is 0 Å². The number of aliphatic carboxylic acids is 1. The van der Waals surface area contributed by atoms with Crippen LogP contribution >= 0.6 is 27.5 Å². The van der Waals surface area contributed by atoms with Gasteiger partial charge < -0.3 is 20.8 Å². The fourth-order valence-electron chi connectivity index (χ4n) is 1.10. The van der Waals surface area contributed by atoms with Gasteiger partial charge in [-0.2, -0.15) is 0 Å². The van der Waals surface area contributed by atoms with Crippen molar-refractivity contribution < 1.29 is 19.8 Å². The molecule has 18 heavy (non-hydrogen) atoms. The van der Waals surface area contributed by atoms with Crippen LogP contribution in [0.4, 0.5) is 10.5 Å².